The van der Waals surface area contributed by atoms with Crippen LogP contribution < -0.4 is 4.74 Å². The second-order valence-electron chi connectivity index (χ2n) is 8.54. The quantitative estimate of drug-likeness (QED) is 0.291. The van der Waals surface area contributed by atoms with Crippen molar-refractivity contribution < 1.29 is 9.53 Å². The molecule has 0 amide bonds. The van der Waals surface area contributed by atoms with Gasteiger partial charge in [-0.15, -0.1) is 11.3 Å². The number of carbonyl (C=O) groups excluding carboxylic acids is 1. The summed E-state index contributed by atoms with van der Waals surface area (Å²) >= 11 is 1.62. The van der Waals surface area contributed by atoms with Crippen LogP contribution in [0, 0.1) is 12.8 Å². The van der Waals surface area contributed by atoms with Crippen molar-refractivity contribution in [1.82, 2.24) is 4.98 Å². The van der Waals surface area contributed by atoms with Crippen LogP contribution in [0.1, 0.15) is 64.2 Å². The number of Topliss-reactive ketones (excluding diaryl/α,β-unsaturated/α-hetero) is 1. The van der Waals surface area contributed by atoms with E-state index in [-0.39, 0.29) is 5.78 Å². The topological polar surface area (TPSA) is 39.2 Å². The van der Waals surface area contributed by atoms with Crippen LogP contribution in [0.15, 0.2) is 72.8 Å². The van der Waals surface area contributed by atoms with Gasteiger partial charge >= 0.3 is 0 Å². The number of aryl methyl sites for hydroxylation is 1. The van der Waals surface area contributed by atoms with Crippen molar-refractivity contribution in [1.29, 1.82) is 0 Å². The molecule has 4 aromatic rings. The Labute approximate surface area is 207 Å². The molecule has 178 valence electrons. The Morgan fingerprint density at radius 3 is 2.29 bits per heavy atom. The fourth-order valence-corrected chi connectivity index (χ4v) is 4.69. The first-order valence-corrected chi connectivity index (χ1v) is 13.0. The number of nitrogens with zero attached hydrogens (tertiary/aromatic N) is 1. The summed E-state index contributed by atoms with van der Waals surface area (Å²) in [6.07, 6.45) is 3.82. The van der Waals surface area contributed by atoms with Crippen molar-refractivity contribution in [3.05, 3.63) is 83.9 Å². The maximum atomic E-state index is 12.3. The van der Waals surface area contributed by atoms with Crippen LogP contribution in [-0.2, 0) is 4.79 Å². The third kappa shape index (κ3) is 6.54. The summed E-state index contributed by atoms with van der Waals surface area (Å²) in [6.45, 7) is 9.88. The molecular formula is C30H35NO2S. The van der Waals surface area contributed by atoms with E-state index in [1.807, 2.05) is 87.5 Å². The Balaban J connectivity index is 0.000000404. The molecule has 1 aromatic heterocycles. The lowest BCUT2D eigenvalue weighted by Crippen LogP contribution is -2.16. The number of hydrogen-bond acceptors (Lipinski definition) is 4. The lowest BCUT2D eigenvalue weighted by Gasteiger charge is -2.19. The van der Waals surface area contributed by atoms with Crippen molar-refractivity contribution in [2.24, 2.45) is 5.92 Å². The van der Waals surface area contributed by atoms with Crippen molar-refractivity contribution in [3.8, 4) is 16.3 Å². The highest BCUT2D eigenvalue weighted by Gasteiger charge is 2.21. The van der Waals surface area contributed by atoms with Gasteiger partial charge in [-0.1, -0.05) is 94.1 Å². The van der Waals surface area contributed by atoms with E-state index in [2.05, 4.69) is 13.0 Å². The van der Waals surface area contributed by atoms with E-state index < -0.39 is 6.10 Å². The first kappa shape index (κ1) is 25.6. The van der Waals surface area contributed by atoms with Gasteiger partial charge in [-0.2, -0.15) is 0 Å². The molecule has 4 heteroatoms. The Morgan fingerprint density at radius 2 is 1.68 bits per heavy atom. The highest BCUT2D eigenvalue weighted by Crippen LogP contribution is 2.37. The Kier molecular flexibility index (Phi) is 9.41. The molecule has 0 saturated heterocycles. The summed E-state index contributed by atoms with van der Waals surface area (Å²) in [5.41, 5.74) is 3.83. The molecule has 1 atom stereocenters. The van der Waals surface area contributed by atoms with Gasteiger partial charge in [0.2, 0.25) is 0 Å². The molecule has 1 heterocycles. The van der Waals surface area contributed by atoms with Crippen LogP contribution in [-0.4, -0.2) is 10.8 Å². The molecule has 0 spiro atoms. The Bertz CT molecular complexity index is 1180. The number of ketones is 1. The van der Waals surface area contributed by atoms with Crippen LogP contribution in [0.3, 0.4) is 0 Å². The zero-order chi connectivity index (χ0) is 24.5. The van der Waals surface area contributed by atoms with Crippen molar-refractivity contribution in [3.63, 3.8) is 0 Å². The number of rotatable bonds is 5. The highest BCUT2D eigenvalue weighted by molar-refractivity contribution is 7.21. The van der Waals surface area contributed by atoms with Crippen molar-refractivity contribution >= 4 is 27.3 Å². The Hall–Kier alpha value is -2.98. The molecule has 34 heavy (non-hydrogen) atoms. The molecule has 0 aliphatic heterocycles. The third-order valence-electron chi connectivity index (χ3n) is 5.76. The molecule has 1 aliphatic rings. The Morgan fingerprint density at radius 1 is 1.00 bits per heavy atom. The van der Waals surface area contributed by atoms with Crippen molar-refractivity contribution in [2.45, 2.75) is 60.0 Å². The van der Waals surface area contributed by atoms with Crippen LogP contribution in [0.2, 0.25) is 0 Å². The van der Waals surface area contributed by atoms with Gasteiger partial charge in [0.15, 0.2) is 11.9 Å². The average molecular weight is 474 g/mol. The van der Waals surface area contributed by atoms with Crippen LogP contribution in [0.4, 0.5) is 0 Å². The lowest BCUT2D eigenvalue weighted by molar-refractivity contribution is -0.123. The molecular weight excluding hydrogens is 438 g/mol. The number of fused-ring (bicyclic) bond motifs is 1. The summed E-state index contributed by atoms with van der Waals surface area (Å²) in [4.78, 5) is 17.0. The van der Waals surface area contributed by atoms with Crippen LogP contribution in [0.5, 0.6) is 5.75 Å². The number of aromatic nitrogens is 1. The minimum Gasteiger partial charge on any atom is -0.477 e. The number of thiazole rings is 1. The number of para-hydroxylation sites is 2. The SMILES string of the molecule is CC.CC(=O)C(Oc1ccccc1-c1nc2ccccc2s1)c1cccc(C)c1.CC1CCC1. The molecule has 0 radical (unpaired) electrons. The molecule has 3 aromatic carbocycles. The summed E-state index contributed by atoms with van der Waals surface area (Å²) in [7, 11) is 0. The third-order valence-corrected chi connectivity index (χ3v) is 6.83. The monoisotopic (exact) mass is 473 g/mol. The van der Waals surface area contributed by atoms with Gasteiger partial charge < -0.3 is 4.74 Å². The van der Waals surface area contributed by atoms with E-state index in [4.69, 9.17) is 9.72 Å². The maximum Gasteiger partial charge on any atom is 0.181 e. The normalized spacial score (nSPS) is 13.6. The second-order valence-corrected chi connectivity index (χ2v) is 9.57. The minimum absolute atomic E-state index is 0.0281. The maximum absolute atomic E-state index is 12.3. The van der Waals surface area contributed by atoms with Crippen LogP contribution >= 0.6 is 11.3 Å². The second kappa shape index (κ2) is 12.5. The molecule has 1 aliphatic carbocycles. The zero-order valence-electron chi connectivity index (χ0n) is 20.9. The van der Waals surface area contributed by atoms with Gasteiger partial charge in [0.05, 0.1) is 15.8 Å². The first-order valence-electron chi connectivity index (χ1n) is 12.2. The fourth-order valence-electron chi connectivity index (χ4n) is 3.69. The minimum atomic E-state index is -0.638. The van der Waals surface area contributed by atoms with Gasteiger partial charge in [0, 0.05) is 5.56 Å². The van der Waals surface area contributed by atoms with Gasteiger partial charge in [-0.05, 0) is 44.0 Å². The average Bonchev–Trinajstić information content (AvgIpc) is 3.27. The molecule has 0 bridgehead atoms. The van der Waals surface area contributed by atoms with Crippen LogP contribution in [0.25, 0.3) is 20.8 Å². The zero-order valence-corrected chi connectivity index (χ0v) is 21.7. The lowest BCUT2D eigenvalue weighted by atomic mass is 9.88. The van der Waals surface area contributed by atoms with E-state index in [0.29, 0.717) is 5.75 Å². The van der Waals surface area contributed by atoms with E-state index in [9.17, 15) is 4.79 Å². The predicted molar refractivity (Wildman–Crippen MR) is 145 cm³/mol. The molecule has 1 fully saturated rings. The number of carbonyl (C=O) groups is 1. The number of ether oxygens (including phenoxy) is 1. The van der Waals surface area contributed by atoms with Gasteiger partial charge in [0.1, 0.15) is 10.8 Å². The molecule has 5 rings (SSSR count). The van der Waals surface area contributed by atoms with Gasteiger partial charge in [-0.25, -0.2) is 4.98 Å². The van der Waals surface area contributed by atoms with E-state index in [0.717, 1.165) is 37.8 Å². The van der Waals surface area contributed by atoms with E-state index in [1.54, 1.807) is 18.3 Å². The largest absolute Gasteiger partial charge is 0.477 e. The predicted octanol–water partition coefficient (Wildman–Crippen LogP) is 8.81. The van der Waals surface area contributed by atoms with E-state index in [1.165, 1.54) is 19.3 Å². The molecule has 3 nitrogen and oxygen atoms in total. The highest BCUT2D eigenvalue weighted by atomic mass is 32.1. The first-order chi connectivity index (χ1) is 16.5. The fraction of sp³-hybridized carbons (Fsp3) is 0.333. The standard InChI is InChI=1S/C23H19NO2S.C5H10.C2H6/c1-15-8-7-9-17(14-15)22(16(2)25)26-20-12-5-3-10-18(20)23-24-19-11-4-6-13-21(19)27-23;1-5-3-2-4-5;1-2/h3-14,22H,1-2H3;5H,2-4H2,1H3;1-2H3. The molecule has 1 saturated carbocycles. The number of hydrogen-bond donors (Lipinski definition) is 0. The van der Waals surface area contributed by atoms with Gasteiger partial charge in [0.25, 0.3) is 0 Å². The van der Waals surface area contributed by atoms with Gasteiger partial charge in [-0.3, -0.25) is 4.79 Å². The smallest absolute Gasteiger partial charge is 0.181 e. The van der Waals surface area contributed by atoms with Crippen molar-refractivity contribution in [2.75, 3.05) is 0 Å². The summed E-state index contributed by atoms with van der Waals surface area (Å²) in [5.74, 6) is 1.70. The molecule has 1 unspecified atom stereocenters. The summed E-state index contributed by atoms with van der Waals surface area (Å²) < 4.78 is 7.34. The summed E-state index contributed by atoms with van der Waals surface area (Å²) in [5, 5.41) is 0.887. The molecule has 0 N–H and O–H groups in total. The van der Waals surface area contributed by atoms with E-state index >= 15 is 0 Å². The summed E-state index contributed by atoms with van der Waals surface area (Å²) in [6, 6.07) is 23.7. The number of benzene rings is 3.